The minimum absolute atomic E-state index is 0.0121. The number of benzene rings is 3. The lowest BCUT2D eigenvalue weighted by Crippen LogP contribution is -2.61. The third-order valence-corrected chi connectivity index (χ3v) is 9.26. The van der Waals surface area contributed by atoms with E-state index < -0.39 is 0 Å². The maximum absolute atomic E-state index is 12.8. The first-order valence-electron chi connectivity index (χ1n) is 13.7. The molecule has 5 nitrogen and oxygen atoms in total. The van der Waals surface area contributed by atoms with Crippen LogP contribution >= 0.6 is 23.2 Å². The van der Waals surface area contributed by atoms with Crippen LogP contribution < -0.4 is 10.2 Å². The van der Waals surface area contributed by atoms with Gasteiger partial charge in [0.05, 0.1) is 10.0 Å². The van der Waals surface area contributed by atoms with Gasteiger partial charge in [0.1, 0.15) is 5.75 Å². The van der Waals surface area contributed by atoms with Crippen molar-refractivity contribution in [2.45, 2.75) is 38.8 Å². The second-order valence-electron chi connectivity index (χ2n) is 10.8. The lowest BCUT2D eigenvalue weighted by molar-refractivity contribution is -0.126. The fourth-order valence-corrected chi connectivity index (χ4v) is 6.65. The van der Waals surface area contributed by atoms with Crippen LogP contribution in [-0.4, -0.2) is 48.1 Å². The van der Waals surface area contributed by atoms with Gasteiger partial charge in [0.15, 0.2) is 0 Å². The van der Waals surface area contributed by atoms with Crippen LogP contribution in [0.4, 0.5) is 5.69 Å². The van der Waals surface area contributed by atoms with Gasteiger partial charge in [-0.1, -0.05) is 65.7 Å². The standard InChI is InChI=1S/C32H33Cl2N3O2/c1-2-5-26-27-14-21-6-3-4-7-24(21)25(27)8-9-30(26)37-18-23(19-37)36-12-10-20(11-13-36)32(39)35-17-22-15-28(33)29(34)16-31(22)38/h2-9,15-16,20,23,38H,10-14,17-19H2,1H3,(H,35,39). The molecule has 0 spiro atoms. The van der Waals surface area contributed by atoms with Gasteiger partial charge in [-0.05, 0) is 73.7 Å². The quantitative estimate of drug-likeness (QED) is 0.281. The first kappa shape index (κ1) is 26.2. The highest BCUT2D eigenvalue weighted by Gasteiger charge is 2.36. The summed E-state index contributed by atoms with van der Waals surface area (Å²) in [7, 11) is 0. The highest BCUT2D eigenvalue weighted by molar-refractivity contribution is 6.42. The summed E-state index contributed by atoms with van der Waals surface area (Å²) in [5, 5.41) is 13.7. The number of nitrogens with one attached hydrogen (secondary N) is 1. The number of phenols is 1. The molecule has 202 valence electrons. The van der Waals surface area contributed by atoms with Gasteiger partial charge in [-0.2, -0.15) is 0 Å². The number of nitrogens with zero attached hydrogens (tertiary/aromatic N) is 2. The van der Waals surface area contributed by atoms with Crippen molar-refractivity contribution in [3.63, 3.8) is 0 Å². The molecule has 3 aromatic rings. The average Bonchev–Trinajstić information content (AvgIpc) is 3.29. The van der Waals surface area contributed by atoms with E-state index in [1.807, 2.05) is 0 Å². The molecule has 2 N–H and O–H groups in total. The molecule has 7 heteroatoms. The van der Waals surface area contributed by atoms with Gasteiger partial charge in [0.2, 0.25) is 5.91 Å². The van der Waals surface area contributed by atoms with Crippen LogP contribution in [0.25, 0.3) is 17.2 Å². The van der Waals surface area contributed by atoms with Crippen LogP contribution in [0.5, 0.6) is 5.75 Å². The Hall–Kier alpha value is -2.99. The van der Waals surface area contributed by atoms with E-state index in [1.54, 1.807) is 6.07 Å². The van der Waals surface area contributed by atoms with E-state index in [0.29, 0.717) is 21.7 Å². The summed E-state index contributed by atoms with van der Waals surface area (Å²) in [4.78, 5) is 17.9. The third kappa shape index (κ3) is 5.04. The van der Waals surface area contributed by atoms with Gasteiger partial charge in [-0.3, -0.25) is 9.69 Å². The number of aromatic hydroxyl groups is 1. The maximum atomic E-state index is 12.8. The Kier molecular flexibility index (Phi) is 7.32. The van der Waals surface area contributed by atoms with Crippen molar-refractivity contribution in [1.29, 1.82) is 0 Å². The van der Waals surface area contributed by atoms with E-state index in [0.717, 1.165) is 45.4 Å². The lowest BCUT2D eigenvalue weighted by Gasteiger charge is -2.49. The minimum atomic E-state index is -0.0121. The zero-order valence-electron chi connectivity index (χ0n) is 22.1. The van der Waals surface area contributed by atoms with E-state index in [-0.39, 0.29) is 24.1 Å². The molecule has 0 saturated carbocycles. The van der Waals surface area contributed by atoms with Crippen molar-refractivity contribution in [1.82, 2.24) is 10.2 Å². The second kappa shape index (κ2) is 10.9. The molecule has 0 aromatic heterocycles. The number of hydrogen-bond donors (Lipinski definition) is 2. The van der Waals surface area contributed by atoms with Crippen molar-refractivity contribution in [3.05, 3.63) is 86.9 Å². The monoisotopic (exact) mass is 561 g/mol. The van der Waals surface area contributed by atoms with E-state index in [2.05, 4.69) is 70.6 Å². The predicted molar refractivity (Wildman–Crippen MR) is 160 cm³/mol. The molecule has 0 radical (unpaired) electrons. The van der Waals surface area contributed by atoms with Gasteiger partial charge >= 0.3 is 0 Å². The van der Waals surface area contributed by atoms with Crippen LogP contribution in [0.3, 0.4) is 0 Å². The van der Waals surface area contributed by atoms with Gasteiger partial charge in [-0.15, -0.1) is 0 Å². The molecule has 3 aromatic carbocycles. The summed E-state index contributed by atoms with van der Waals surface area (Å²) in [6, 6.07) is 16.9. The number of carbonyl (C=O) groups excluding carboxylic acids is 1. The smallest absolute Gasteiger partial charge is 0.223 e. The van der Waals surface area contributed by atoms with E-state index in [1.165, 1.54) is 39.6 Å². The van der Waals surface area contributed by atoms with Crippen LogP contribution in [0, 0.1) is 5.92 Å². The van der Waals surface area contributed by atoms with Crippen molar-refractivity contribution in [3.8, 4) is 16.9 Å². The van der Waals surface area contributed by atoms with Gasteiger partial charge in [-0.25, -0.2) is 0 Å². The number of rotatable bonds is 6. The van der Waals surface area contributed by atoms with Gasteiger partial charge in [0, 0.05) is 54.5 Å². The summed E-state index contributed by atoms with van der Waals surface area (Å²) in [5.41, 5.74) is 8.84. The number of likely N-dealkylation sites (tertiary alicyclic amines) is 1. The third-order valence-electron chi connectivity index (χ3n) is 8.54. The Bertz CT molecular complexity index is 1440. The topological polar surface area (TPSA) is 55.8 Å². The molecule has 1 aliphatic carbocycles. The Balaban J connectivity index is 1.04. The first-order chi connectivity index (χ1) is 18.9. The first-order valence-corrected chi connectivity index (χ1v) is 14.5. The largest absolute Gasteiger partial charge is 0.508 e. The van der Waals surface area contributed by atoms with Crippen LogP contribution in [0.1, 0.15) is 42.0 Å². The van der Waals surface area contributed by atoms with Crippen molar-refractivity contribution < 1.29 is 9.90 Å². The Morgan fingerprint density at radius 2 is 1.79 bits per heavy atom. The molecule has 39 heavy (non-hydrogen) atoms. The van der Waals surface area contributed by atoms with E-state index in [9.17, 15) is 9.90 Å². The molecule has 1 amide bonds. The molecular formula is C32H33Cl2N3O2. The number of phenolic OH excluding ortho intramolecular Hbond substituents is 1. The molecule has 2 saturated heterocycles. The number of allylic oxidation sites excluding steroid dienone is 1. The van der Waals surface area contributed by atoms with Crippen molar-refractivity contribution in [2.24, 2.45) is 5.92 Å². The molecule has 0 unspecified atom stereocenters. The fraction of sp³-hybridized carbons (Fsp3) is 0.344. The number of carbonyl (C=O) groups is 1. The highest BCUT2D eigenvalue weighted by atomic mass is 35.5. The SMILES string of the molecule is CC=Cc1c(N2CC(N3CCC(C(=O)NCc4cc(Cl)c(Cl)cc4O)CC3)C2)ccc2c1Cc1ccccc1-2. The van der Waals surface area contributed by atoms with Crippen molar-refractivity contribution in [2.75, 3.05) is 31.1 Å². The van der Waals surface area contributed by atoms with Crippen LogP contribution in [0.15, 0.2) is 54.6 Å². The van der Waals surface area contributed by atoms with Crippen molar-refractivity contribution >= 4 is 40.9 Å². The van der Waals surface area contributed by atoms with E-state index in [4.69, 9.17) is 23.2 Å². The molecule has 6 rings (SSSR count). The number of amides is 1. The number of anilines is 1. The van der Waals surface area contributed by atoms with Gasteiger partial charge in [0.25, 0.3) is 0 Å². The summed E-state index contributed by atoms with van der Waals surface area (Å²) >= 11 is 12.0. The number of halogens is 2. The van der Waals surface area contributed by atoms with Gasteiger partial charge < -0.3 is 15.3 Å². The Labute approximate surface area is 240 Å². The minimum Gasteiger partial charge on any atom is -0.508 e. The van der Waals surface area contributed by atoms with E-state index >= 15 is 0 Å². The maximum Gasteiger partial charge on any atom is 0.223 e. The number of fused-ring (bicyclic) bond motifs is 3. The second-order valence-corrected chi connectivity index (χ2v) is 11.7. The molecule has 2 aliphatic heterocycles. The zero-order valence-corrected chi connectivity index (χ0v) is 23.6. The molecule has 0 atom stereocenters. The molecule has 2 fully saturated rings. The fourth-order valence-electron chi connectivity index (χ4n) is 6.31. The predicted octanol–water partition coefficient (Wildman–Crippen LogP) is 6.52. The number of piperidine rings is 1. The molecule has 0 bridgehead atoms. The normalized spacial score (nSPS) is 17.8. The molecule has 3 aliphatic rings. The summed E-state index contributed by atoms with van der Waals surface area (Å²) in [6.45, 7) is 6.22. The van der Waals surface area contributed by atoms with Crippen LogP contribution in [-0.2, 0) is 17.8 Å². The summed E-state index contributed by atoms with van der Waals surface area (Å²) in [5.74, 6) is 0.0621. The lowest BCUT2D eigenvalue weighted by atomic mass is 9.92. The molecule has 2 heterocycles. The number of hydrogen-bond acceptors (Lipinski definition) is 4. The Morgan fingerprint density at radius 3 is 2.56 bits per heavy atom. The summed E-state index contributed by atoms with van der Waals surface area (Å²) < 4.78 is 0. The zero-order chi connectivity index (χ0) is 27.1. The molecular weight excluding hydrogens is 529 g/mol. The summed E-state index contributed by atoms with van der Waals surface area (Å²) in [6.07, 6.45) is 7.11. The Morgan fingerprint density at radius 1 is 1.05 bits per heavy atom. The average molecular weight is 563 g/mol. The highest BCUT2D eigenvalue weighted by Crippen LogP contribution is 2.43. The van der Waals surface area contributed by atoms with Crippen LogP contribution in [0.2, 0.25) is 10.0 Å².